The average Bonchev–Trinajstić information content (AvgIpc) is 2.69. The molecule has 1 aliphatic rings. The quantitative estimate of drug-likeness (QED) is 0.869. The van der Waals surface area contributed by atoms with E-state index >= 15 is 0 Å². The fraction of sp³-hybridized carbons (Fsp3) is 0.333. The minimum absolute atomic E-state index is 0.0124. The van der Waals surface area contributed by atoms with E-state index in [4.69, 9.17) is 4.74 Å². The number of rotatable bonds is 4. The van der Waals surface area contributed by atoms with Crippen LogP contribution < -0.4 is 10.1 Å². The molecule has 0 aromatic heterocycles. The highest BCUT2D eigenvalue weighted by Gasteiger charge is 2.29. The first kappa shape index (κ1) is 18.8. The number of anilines is 1. The van der Waals surface area contributed by atoms with Crippen molar-refractivity contribution in [2.45, 2.75) is 19.8 Å². The van der Waals surface area contributed by atoms with Crippen molar-refractivity contribution < 1.29 is 19.4 Å². The lowest BCUT2D eigenvalue weighted by molar-refractivity contribution is -0.121. The minimum atomic E-state index is -0.195. The molecule has 27 heavy (non-hydrogen) atoms. The molecule has 1 saturated heterocycles. The summed E-state index contributed by atoms with van der Waals surface area (Å²) in [6.07, 6.45) is 1.17. The van der Waals surface area contributed by atoms with Crippen molar-refractivity contribution in [2.75, 3.05) is 25.5 Å². The van der Waals surface area contributed by atoms with Crippen LogP contribution in [0.25, 0.3) is 0 Å². The molecule has 1 aliphatic heterocycles. The number of para-hydroxylation sites is 2. The average molecular weight is 368 g/mol. The maximum atomic E-state index is 12.7. The van der Waals surface area contributed by atoms with E-state index in [0.29, 0.717) is 42.9 Å². The van der Waals surface area contributed by atoms with Crippen LogP contribution >= 0.6 is 0 Å². The number of hydrogen-bond acceptors (Lipinski definition) is 4. The van der Waals surface area contributed by atoms with Gasteiger partial charge in [0.2, 0.25) is 5.91 Å². The summed E-state index contributed by atoms with van der Waals surface area (Å²) in [4.78, 5) is 26.9. The molecule has 2 aromatic rings. The molecule has 142 valence electrons. The van der Waals surface area contributed by atoms with Crippen molar-refractivity contribution >= 4 is 17.5 Å². The molecule has 0 spiro atoms. The van der Waals surface area contributed by atoms with Gasteiger partial charge in [0, 0.05) is 19.0 Å². The summed E-state index contributed by atoms with van der Waals surface area (Å²) in [5.41, 5.74) is 1.88. The summed E-state index contributed by atoms with van der Waals surface area (Å²) in [6.45, 7) is 2.84. The zero-order chi connectivity index (χ0) is 19.4. The van der Waals surface area contributed by atoms with Crippen LogP contribution in [-0.4, -0.2) is 42.0 Å². The van der Waals surface area contributed by atoms with Gasteiger partial charge < -0.3 is 20.1 Å². The molecule has 0 unspecified atom stereocenters. The molecule has 6 nitrogen and oxygen atoms in total. The Labute approximate surface area is 158 Å². The van der Waals surface area contributed by atoms with Crippen LogP contribution in [0.3, 0.4) is 0 Å². The number of ether oxygens (including phenoxy) is 1. The van der Waals surface area contributed by atoms with Crippen LogP contribution in [0, 0.1) is 12.8 Å². The molecular weight excluding hydrogens is 344 g/mol. The minimum Gasteiger partial charge on any atom is -0.507 e. The van der Waals surface area contributed by atoms with Gasteiger partial charge in [-0.05, 0) is 44.0 Å². The maximum absolute atomic E-state index is 12.7. The Morgan fingerprint density at radius 2 is 1.85 bits per heavy atom. The molecule has 2 aromatic carbocycles. The molecule has 0 aliphatic carbocycles. The number of phenolic OH excluding ortho intramolecular Hbond substituents is 1. The number of carbonyl (C=O) groups excluding carboxylic acids is 2. The summed E-state index contributed by atoms with van der Waals surface area (Å²) < 4.78 is 5.26. The fourth-order valence-electron chi connectivity index (χ4n) is 3.32. The van der Waals surface area contributed by atoms with Crippen LogP contribution in [0.2, 0.25) is 0 Å². The smallest absolute Gasteiger partial charge is 0.257 e. The second kappa shape index (κ2) is 8.12. The third-order valence-corrected chi connectivity index (χ3v) is 4.90. The number of carbonyl (C=O) groups is 2. The Morgan fingerprint density at radius 1 is 1.15 bits per heavy atom. The number of nitrogens with one attached hydrogen (secondary N) is 1. The summed E-state index contributed by atoms with van der Waals surface area (Å²) in [6, 6.07) is 12.3. The summed E-state index contributed by atoms with van der Waals surface area (Å²) >= 11 is 0. The highest BCUT2D eigenvalue weighted by atomic mass is 16.5. The number of phenols is 1. The lowest BCUT2D eigenvalue weighted by Gasteiger charge is -2.31. The lowest BCUT2D eigenvalue weighted by Crippen LogP contribution is -2.41. The number of aromatic hydroxyl groups is 1. The van der Waals surface area contributed by atoms with Crippen molar-refractivity contribution in [3.05, 3.63) is 53.6 Å². The zero-order valence-electron chi connectivity index (χ0n) is 15.6. The first-order valence-electron chi connectivity index (χ1n) is 9.02. The molecule has 2 amide bonds. The fourth-order valence-corrected chi connectivity index (χ4v) is 3.32. The van der Waals surface area contributed by atoms with Crippen LogP contribution in [0.15, 0.2) is 42.5 Å². The van der Waals surface area contributed by atoms with Crippen molar-refractivity contribution in [1.82, 2.24) is 4.90 Å². The van der Waals surface area contributed by atoms with Gasteiger partial charge in [0.15, 0.2) is 0 Å². The van der Waals surface area contributed by atoms with Crippen molar-refractivity contribution in [1.29, 1.82) is 0 Å². The van der Waals surface area contributed by atoms with E-state index in [-0.39, 0.29) is 23.5 Å². The highest BCUT2D eigenvalue weighted by Crippen LogP contribution is 2.27. The molecule has 0 atom stereocenters. The Balaban J connectivity index is 1.60. The van der Waals surface area contributed by atoms with Gasteiger partial charge in [0.25, 0.3) is 5.91 Å². The normalized spacial score (nSPS) is 14.7. The highest BCUT2D eigenvalue weighted by molar-refractivity contribution is 5.97. The second-order valence-electron chi connectivity index (χ2n) is 6.78. The third kappa shape index (κ3) is 4.22. The van der Waals surface area contributed by atoms with Crippen LogP contribution in [0.1, 0.15) is 28.8 Å². The van der Waals surface area contributed by atoms with E-state index in [1.807, 2.05) is 19.1 Å². The lowest BCUT2D eigenvalue weighted by atomic mass is 9.95. The summed E-state index contributed by atoms with van der Waals surface area (Å²) in [5, 5.41) is 12.9. The van der Waals surface area contributed by atoms with E-state index in [0.717, 1.165) is 5.56 Å². The van der Waals surface area contributed by atoms with E-state index in [2.05, 4.69) is 5.32 Å². The predicted octanol–water partition coefficient (Wildman–Crippen LogP) is 3.20. The largest absolute Gasteiger partial charge is 0.507 e. The molecular formula is C21H24N2O4. The first-order chi connectivity index (χ1) is 13.0. The monoisotopic (exact) mass is 368 g/mol. The van der Waals surface area contributed by atoms with Gasteiger partial charge in [-0.2, -0.15) is 0 Å². The number of likely N-dealkylation sites (tertiary alicyclic amines) is 1. The van der Waals surface area contributed by atoms with E-state index in [9.17, 15) is 14.7 Å². The predicted molar refractivity (Wildman–Crippen MR) is 103 cm³/mol. The van der Waals surface area contributed by atoms with E-state index in [1.165, 1.54) is 6.07 Å². The Bertz CT molecular complexity index is 842. The van der Waals surface area contributed by atoms with Gasteiger partial charge in [-0.1, -0.05) is 23.8 Å². The molecule has 3 rings (SSSR count). The number of amides is 2. The molecule has 1 fully saturated rings. The third-order valence-electron chi connectivity index (χ3n) is 4.90. The van der Waals surface area contributed by atoms with Gasteiger partial charge in [0.05, 0.1) is 18.4 Å². The summed E-state index contributed by atoms with van der Waals surface area (Å²) in [5.74, 6) is 0.185. The van der Waals surface area contributed by atoms with Crippen LogP contribution in [0.4, 0.5) is 5.69 Å². The SMILES string of the molecule is COc1ccccc1NC(=O)C1CCN(C(=O)c2cc(C)ccc2O)CC1. The number of nitrogens with zero attached hydrogens (tertiary/aromatic N) is 1. The second-order valence-corrected chi connectivity index (χ2v) is 6.78. The van der Waals surface area contributed by atoms with Gasteiger partial charge in [-0.3, -0.25) is 9.59 Å². The first-order valence-corrected chi connectivity index (χ1v) is 9.02. The molecule has 2 N–H and O–H groups in total. The van der Waals surface area contributed by atoms with E-state index < -0.39 is 0 Å². The number of methoxy groups -OCH3 is 1. The van der Waals surface area contributed by atoms with Gasteiger partial charge in [-0.15, -0.1) is 0 Å². The molecule has 0 bridgehead atoms. The number of aryl methyl sites for hydroxylation is 1. The van der Waals surface area contributed by atoms with Gasteiger partial charge in [-0.25, -0.2) is 0 Å². The summed E-state index contributed by atoms with van der Waals surface area (Å²) in [7, 11) is 1.57. The van der Waals surface area contributed by atoms with Crippen LogP contribution in [0.5, 0.6) is 11.5 Å². The maximum Gasteiger partial charge on any atom is 0.257 e. The number of piperidine rings is 1. The van der Waals surface area contributed by atoms with Gasteiger partial charge in [0.1, 0.15) is 11.5 Å². The van der Waals surface area contributed by atoms with Crippen LogP contribution in [-0.2, 0) is 4.79 Å². The zero-order valence-corrected chi connectivity index (χ0v) is 15.6. The molecule has 1 heterocycles. The molecule has 0 saturated carbocycles. The number of benzene rings is 2. The van der Waals surface area contributed by atoms with E-state index in [1.54, 1.807) is 36.3 Å². The Kier molecular flexibility index (Phi) is 5.64. The number of hydrogen-bond donors (Lipinski definition) is 2. The Morgan fingerprint density at radius 3 is 2.56 bits per heavy atom. The molecule has 0 radical (unpaired) electrons. The topological polar surface area (TPSA) is 78.9 Å². The van der Waals surface area contributed by atoms with Gasteiger partial charge >= 0.3 is 0 Å². The van der Waals surface area contributed by atoms with Crippen molar-refractivity contribution in [3.8, 4) is 11.5 Å². The Hall–Kier alpha value is -3.02. The van der Waals surface area contributed by atoms with Crippen molar-refractivity contribution in [3.63, 3.8) is 0 Å². The molecule has 6 heteroatoms. The standard InChI is InChI=1S/C21H24N2O4/c1-14-7-8-18(24)16(13-14)21(26)23-11-9-15(10-12-23)20(25)22-17-5-3-4-6-19(17)27-2/h3-8,13,15,24H,9-12H2,1-2H3,(H,22,25). The van der Waals surface area contributed by atoms with Crippen molar-refractivity contribution in [2.24, 2.45) is 5.92 Å².